The number of benzene rings is 1. The first kappa shape index (κ1) is 18.1. The summed E-state index contributed by atoms with van der Waals surface area (Å²) in [4.78, 5) is 14.1. The summed E-state index contributed by atoms with van der Waals surface area (Å²) >= 11 is 1.68. The number of hydrogen-bond acceptors (Lipinski definition) is 3. The molecule has 1 amide bonds. The highest BCUT2D eigenvalue weighted by atomic mass is 32.2. The van der Waals surface area contributed by atoms with Crippen LogP contribution in [-0.4, -0.2) is 35.7 Å². The fourth-order valence-corrected chi connectivity index (χ4v) is 2.92. The second-order valence-electron chi connectivity index (χ2n) is 5.90. The van der Waals surface area contributed by atoms with E-state index in [2.05, 4.69) is 26.0 Å². The molecule has 0 saturated heterocycles. The maximum atomic E-state index is 12.3. The van der Waals surface area contributed by atoms with Gasteiger partial charge in [0.05, 0.1) is 5.25 Å². The van der Waals surface area contributed by atoms with Crippen LogP contribution in [0.4, 0.5) is 0 Å². The van der Waals surface area contributed by atoms with Crippen molar-refractivity contribution in [1.82, 2.24) is 4.90 Å². The van der Waals surface area contributed by atoms with Crippen LogP contribution in [0.25, 0.3) is 0 Å². The van der Waals surface area contributed by atoms with Crippen LogP contribution in [0.1, 0.15) is 32.8 Å². The Morgan fingerprint density at radius 2 is 1.86 bits per heavy atom. The van der Waals surface area contributed by atoms with E-state index in [1.54, 1.807) is 11.8 Å². The van der Waals surface area contributed by atoms with Crippen LogP contribution in [0.15, 0.2) is 30.3 Å². The molecule has 0 aliphatic rings. The normalized spacial score (nSPS) is 14.0. The molecule has 0 radical (unpaired) electrons. The largest absolute Gasteiger partial charge is 0.345 e. The lowest BCUT2D eigenvalue weighted by molar-refractivity contribution is -0.129. The number of thioether (sulfide) groups is 1. The van der Waals surface area contributed by atoms with Crippen LogP contribution < -0.4 is 5.73 Å². The van der Waals surface area contributed by atoms with Crippen molar-refractivity contribution >= 4 is 17.7 Å². The Morgan fingerprint density at radius 1 is 1.24 bits per heavy atom. The first-order chi connectivity index (χ1) is 9.91. The van der Waals surface area contributed by atoms with Crippen molar-refractivity contribution < 1.29 is 4.79 Å². The lowest BCUT2D eigenvalue weighted by Crippen LogP contribution is -2.37. The lowest BCUT2D eigenvalue weighted by atomic mass is 10.0. The van der Waals surface area contributed by atoms with Gasteiger partial charge < -0.3 is 10.6 Å². The zero-order valence-corrected chi connectivity index (χ0v) is 14.4. The summed E-state index contributed by atoms with van der Waals surface area (Å²) in [6.45, 7) is 6.94. The van der Waals surface area contributed by atoms with E-state index in [9.17, 15) is 4.79 Å². The molecule has 0 fully saturated rings. The van der Waals surface area contributed by atoms with Crippen LogP contribution in [0.3, 0.4) is 0 Å². The molecule has 21 heavy (non-hydrogen) atoms. The fourth-order valence-electron chi connectivity index (χ4n) is 1.96. The van der Waals surface area contributed by atoms with Gasteiger partial charge in [0.1, 0.15) is 0 Å². The minimum absolute atomic E-state index is 0.0227. The van der Waals surface area contributed by atoms with E-state index >= 15 is 0 Å². The quantitative estimate of drug-likeness (QED) is 0.802. The van der Waals surface area contributed by atoms with Crippen molar-refractivity contribution in [2.75, 3.05) is 13.6 Å². The highest BCUT2D eigenvalue weighted by Gasteiger charge is 2.19. The van der Waals surface area contributed by atoms with Gasteiger partial charge in [0, 0.05) is 25.4 Å². The van der Waals surface area contributed by atoms with Gasteiger partial charge in [-0.15, -0.1) is 11.8 Å². The Bertz CT molecular complexity index is 422. The van der Waals surface area contributed by atoms with Gasteiger partial charge in [0.25, 0.3) is 0 Å². The van der Waals surface area contributed by atoms with Gasteiger partial charge in [0.2, 0.25) is 5.91 Å². The molecule has 1 aromatic carbocycles. The van der Waals surface area contributed by atoms with E-state index in [0.717, 1.165) is 18.7 Å². The topological polar surface area (TPSA) is 46.3 Å². The van der Waals surface area contributed by atoms with E-state index in [-0.39, 0.29) is 17.2 Å². The number of carbonyl (C=O) groups excluding carboxylic acids is 1. The molecule has 4 heteroatoms. The zero-order chi connectivity index (χ0) is 15.8. The average molecular weight is 308 g/mol. The summed E-state index contributed by atoms with van der Waals surface area (Å²) in [5.74, 6) is 1.51. The van der Waals surface area contributed by atoms with Gasteiger partial charge in [-0.1, -0.05) is 44.2 Å². The number of amides is 1. The molecule has 2 atom stereocenters. The third-order valence-corrected chi connectivity index (χ3v) is 4.92. The summed E-state index contributed by atoms with van der Waals surface area (Å²) in [6.07, 6.45) is 0.857. The van der Waals surface area contributed by atoms with Crippen molar-refractivity contribution in [3.63, 3.8) is 0 Å². The lowest BCUT2D eigenvalue weighted by Gasteiger charge is -2.24. The molecule has 0 saturated carbocycles. The number of rotatable bonds is 8. The molecule has 0 spiro atoms. The molecular weight excluding hydrogens is 280 g/mol. The van der Waals surface area contributed by atoms with E-state index in [4.69, 9.17) is 5.73 Å². The Labute approximate surface area is 133 Å². The van der Waals surface area contributed by atoms with Crippen molar-refractivity contribution in [1.29, 1.82) is 0 Å². The molecule has 0 aromatic heterocycles. The number of hydrogen-bond donors (Lipinski definition) is 1. The molecule has 0 aliphatic carbocycles. The van der Waals surface area contributed by atoms with E-state index in [0.29, 0.717) is 5.92 Å². The third-order valence-electron chi connectivity index (χ3n) is 3.72. The molecule has 1 aromatic rings. The van der Waals surface area contributed by atoms with Crippen molar-refractivity contribution in [3.05, 3.63) is 35.9 Å². The van der Waals surface area contributed by atoms with Crippen LogP contribution in [-0.2, 0) is 10.5 Å². The molecule has 3 nitrogen and oxygen atoms in total. The van der Waals surface area contributed by atoms with Gasteiger partial charge in [-0.25, -0.2) is 0 Å². The first-order valence-electron chi connectivity index (χ1n) is 7.58. The van der Waals surface area contributed by atoms with Gasteiger partial charge in [-0.2, -0.15) is 0 Å². The predicted octanol–water partition coefficient (Wildman–Crippen LogP) is 3.14. The maximum Gasteiger partial charge on any atom is 0.235 e. The van der Waals surface area contributed by atoms with Gasteiger partial charge in [-0.3, -0.25) is 4.79 Å². The first-order valence-corrected chi connectivity index (χ1v) is 8.62. The molecular formula is C17H28N2OS. The molecule has 0 bridgehead atoms. The second kappa shape index (κ2) is 9.11. The maximum absolute atomic E-state index is 12.3. The third kappa shape index (κ3) is 6.53. The summed E-state index contributed by atoms with van der Waals surface area (Å²) in [6, 6.07) is 10.4. The minimum atomic E-state index is -0.0227. The van der Waals surface area contributed by atoms with Crippen LogP contribution in [0.2, 0.25) is 0 Å². The van der Waals surface area contributed by atoms with Gasteiger partial charge >= 0.3 is 0 Å². The minimum Gasteiger partial charge on any atom is -0.345 e. The standard InChI is InChI=1S/C17H28N2OS/c1-13(2)16(18)10-11-19(4)17(20)14(3)21-12-15-8-6-5-7-9-15/h5-9,13-14,16H,10-12,18H2,1-4H3. The van der Waals surface area contributed by atoms with E-state index in [1.165, 1.54) is 5.56 Å². The molecule has 118 valence electrons. The number of carbonyl (C=O) groups is 1. The van der Waals surface area contributed by atoms with Crippen molar-refractivity contribution in [2.24, 2.45) is 11.7 Å². The molecule has 0 aliphatic heterocycles. The average Bonchev–Trinajstić information content (AvgIpc) is 2.49. The smallest absolute Gasteiger partial charge is 0.235 e. The number of nitrogens with two attached hydrogens (primary N) is 1. The van der Waals surface area contributed by atoms with Crippen LogP contribution >= 0.6 is 11.8 Å². The van der Waals surface area contributed by atoms with E-state index in [1.807, 2.05) is 37.1 Å². The number of nitrogens with zero attached hydrogens (tertiary/aromatic N) is 1. The highest BCUT2D eigenvalue weighted by molar-refractivity contribution is 7.99. The van der Waals surface area contributed by atoms with Crippen LogP contribution in [0, 0.1) is 5.92 Å². The zero-order valence-electron chi connectivity index (χ0n) is 13.6. The Balaban J connectivity index is 2.35. The fraction of sp³-hybridized carbons (Fsp3) is 0.588. The SMILES string of the molecule is CC(SCc1ccccc1)C(=O)N(C)CCC(N)C(C)C. The van der Waals surface area contributed by atoms with Crippen molar-refractivity contribution in [2.45, 2.75) is 44.2 Å². The predicted molar refractivity (Wildman–Crippen MR) is 92.3 cm³/mol. The second-order valence-corrected chi connectivity index (χ2v) is 7.22. The van der Waals surface area contributed by atoms with Crippen molar-refractivity contribution in [3.8, 4) is 0 Å². The summed E-state index contributed by atoms with van der Waals surface area (Å²) in [5.41, 5.74) is 7.29. The Morgan fingerprint density at radius 3 is 2.43 bits per heavy atom. The summed E-state index contributed by atoms with van der Waals surface area (Å²) in [7, 11) is 1.87. The van der Waals surface area contributed by atoms with E-state index < -0.39 is 0 Å². The molecule has 1 rings (SSSR count). The molecule has 2 unspecified atom stereocenters. The highest BCUT2D eigenvalue weighted by Crippen LogP contribution is 2.19. The monoisotopic (exact) mass is 308 g/mol. The Hall–Kier alpha value is -1.00. The van der Waals surface area contributed by atoms with Gasteiger partial charge in [0.15, 0.2) is 0 Å². The Kier molecular flexibility index (Phi) is 7.83. The van der Waals surface area contributed by atoms with Crippen LogP contribution in [0.5, 0.6) is 0 Å². The molecule has 0 heterocycles. The van der Waals surface area contributed by atoms with Gasteiger partial charge in [-0.05, 0) is 24.8 Å². The summed E-state index contributed by atoms with van der Waals surface area (Å²) in [5, 5.41) is -0.0227. The molecule has 2 N–H and O–H groups in total. The summed E-state index contributed by atoms with van der Waals surface area (Å²) < 4.78 is 0.